The third-order valence-corrected chi connectivity index (χ3v) is 5.39. The van der Waals surface area contributed by atoms with E-state index < -0.39 is 0 Å². The van der Waals surface area contributed by atoms with E-state index in [2.05, 4.69) is 15.4 Å². The van der Waals surface area contributed by atoms with E-state index >= 15 is 0 Å². The molecule has 27 heavy (non-hydrogen) atoms. The molecular weight excluding hydrogens is 360 g/mol. The smallest absolute Gasteiger partial charge is 0.336 e. The van der Waals surface area contributed by atoms with Crippen molar-refractivity contribution in [2.24, 2.45) is 5.92 Å². The molecule has 0 bridgehead atoms. The van der Waals surface area contributed by atoms with Crippen LogP contribution in [0.5, 0.6) is 6.01 Å². The Morgan fingerprint density at radius 2 is 2.04 bits per heavy atom. The van der Waals surface area contributed by atoms with Crippen LogP contribution in [-0.2, 0) is 4.79 Å². The monoisotopic (exact) mass is 382 g/mol. The zero-order valence-electron chi connectivity index (χ0n) is 15.4. The van der Waals surface area contributed by atoms with E-state index in [1.165, 1.54) is 0 Å². The number of hydrogen-bond acceptors (Lipinski definition) is 5. The molecule has 4 rings (SSSR count). The third-order valence-electron chi connectivity index (χ3n) is 4.53. The van der Waals surface area contributed by atoms with Crippen molar-refractivity contribution in [1.29, 1.82) is 0 Å². The number of ether oxygens (including phenoxy) is 1. The van der Waals surface area contributed by atoms with Crippen molar-refractivity contribution in [2.45, 2.75) is 39.2 Å². The Balaban J connectivity index is 1.60. The number of hydrogen-bond donors (Lipinski definition) is 1. The maximum atomic E-state index is 12.1. The zero-order valence-corrected chi connectivity index (χ0v) is 16.2. The number of anilines is 1. The number of benzene rings is 1. The van der Waals surface area contributed by atoms with Crippen LogP contribution in [0, 0.1) is 5.92 Å². The number of thiophene rings is 1. The first-order chi connectivity index (χ1) is 13.1. The Hall–Kier alpha value is -2.67. The molecule has 1 N–H and O–H groups in total. The molecule has 0 unspecified atom stereocenters. The molecule has 0 saturated heterocycles. The van der Waals surface area contributed by atoms with E-state index in [4.69, 9.17) is 4.74 Å². The summed E-state index contributed by atoms with van der Waals surface area (Å²) in [7, 11) is 0. The van der Waals surface area contributed by atoms with Gasteiger partial charge < -0.3 is 10.1 Å². The predicted molar refractivity (Wildman–Crippen MR) is 106 cm³/mol. The predicted octanol–water partition coefficient (Wildman–Crippen LogP) is 4.52. The lowest BCUT2D eigenvalue weighted by Crippen LogP contribution is -2.27. The third kappa shape index (κ3) is 3.88. The van der Waals surface area contributed by atoms with Gasteiger partial charge in [0.05, 0.1) is 16.7 Å². The number of amides is 1. The van der Waals surface area contributed by atoms with E-state index in [9.17, 15) is 4.79 Å². The van der Waals surface area contributed by atoms with Gasteiger partial charge in [-0.05, 0) is 62.4 Å². The molecule has 1 aromatic carbocycles. The molecule has 1 saturated carbocycles. The second kappa shape index (κ2) is 7.52. The van der Waals surface area contributed by atoms with Gasteiger partial charge >= 0.3 is 6.01 Å². The van der Waals surface area contributed by atoms with Gasteiger partial charge in [-0.1, -0.05) is 12.5 Å². The highest BCUT2D eigenvalue weighted by atomic mass is 32.1. The first-order valence-electron chi connectivity index (χ1n) is 9.19. The van der Waals surface area contributed by atoms with E-state index in [1.54, 1.807) is 16.0 Å². The van der Waals surface area contributed by atoms with Crippen molar-refractivity contribution in [3.05, 3.63) is 41.8 Å². The van der Waals surface area contributed by atoms with Crippen molar-refractivity contribution < 1.29 is 9.53 Å². The molecule has 2 aromatic heterocycles. The molecule has 1 aliphatic carbocycles. The highest BCUT2D eigenvalue weighted by Crippen LogP contribution is 2.29. The van der Waals surface area contributed by atoms with Crippen LogP contribution in [0.25, 0.3) is 16.4 Å². The largest absolute Gasteiger partial charge is 0.460 e. The standard InChI is InChI=1S/C20H22N4O2S/c1-13(2)26-20-22-18(17-7-4-12-27-17)24(23-20)16-10-8-15(9-11-16)21-19(25)14-5-3-6-14/h4,7-14H,3,5-6H2,1-2H3,(H,21,25). The number of carbonyl (C=O) groups is 1. The lowest BCUT2D eigenvalue weighted by Gasteiger charge is -2.24. The van der Waals surface area contributed by atoms with E-state index in [0.717, 1.165) is 41.3 Å². The van der Waals surface area contributed by atoms with Crippen LogP contribution >= 0.6 is 11.3 Å². The average Bonchev–Trinajstić information content (AvgIpc) is 3.22. The Bertz CT molecular complexity index is 912. The van der Waals surface area contributed by atoms with Gasteiger partial charge in [-0.15, -0.1) is 16.4 Å². The van der Waals surface area contributed by atoms with Gasteiger partial charge in [-0.3, -0.25) is 4.79 Å². The number of rotatable bonds is 6. The second-order valence-corrected chi connectivity index (χ2v) is 7.89. The van der Waals surface area contributed by atoms with E-state index in [-0.39, 0.29) is 17.9 Å². The molecule has 0 radical (unpaired) electrons. The fourth-order valence-corrected chi connectivity index (χ4v) is 3.60. The molecule has 1 fully saturated rings. The fourth-order valence-electron chi connectivity index (χ4n) is 2.90. The van der Waals surface area contributed by atoms with Gasteiger partial charge in [0.1, 0.15) is 0 Å². The second-order valence-electron chi connectivity index (χ2n) is 6.94. The van der Waals surface area contributed by atoms with Crippen LogP contribution in [0.2, 0.25) is 0 Å². The Kier molecular flexibility index (Phi) is 4.94. The molecule has 140 valence electrons. The van der Waals surface area contributed by atoms with Crippen LogP contribution in [0.4, 0.5) is 5.69 Å². The molecule has 6 nitrogen and oxygen atoms in total. The summed E-state index contributed by atoms with van der Waals surface area (Å²) in [6, 6.07) is 12.0. The highest BCUT2D eigenvalue weighted by Gasteiger charge is 2.25. The Labute approximate surface area is 162 Å². The summed E-state index contributed by atoms with van der Waals surface area (Å²) in [5, 5.41) is 9.52. The first-order valence-corrected chi connectivity index (χ1v) is 10.1. The molecule has 0 spiro atoms. The van der Waals surface area contributed by atoms with Crippen molar-refractivity contribution >= 4 is 22.9 Å². The molecule has 0 atom stereocenters. The van der Waals surface area contributed by atoms with E-state index in [1.807, 2.05) is 55.6 Å². The number of nitrogens with zero attached hydrogens (tertiary/aromatic N) is 3. The summed E-state index contributed by atoms with van der Waals surface area (Å²) in [5.74, 6) is 1.02. The Morgan fingerprint density at radius 3 is 2.63 bits per heavy atom. The van der Waals surface area contributed by atoms with Gasteiger partial charge in [0.2, 0.25) is 5.91 Å². The SMILES string of the molecule is CC(C)Oc1nc(-c2cccs2)n(-c2ccc(NC(=O)C3CCC3)cc2)n1. The zero-order chi connectivity index (χ0) is 18.8. The summed E-state index contributed by atoms with van der Waals surface area (Å²) in [5.41, 5.74) is 1.67. The minimum absolute atomic E-state index is 0.00105. The molecule has 0 aliphatic heterocycles. The lowest BCUT2D eigenvalue weighted by molar-refractivity contribution is -0.122. The van der Waals surface area contributed by atoms with Crippen molar-refractivity contribution in [3.8, 4) is 22.4 Å². The summed E-state index contributed by atoms with van der Waals surface area (Å²) in [4.78, 5) is 17.7. The summed E-state index contributed by atoms with van der Waals surface area (Å²) >= 11 is 1.60. The maximum Gasteiger partial charge on any atom is 0.336 e. The number of nitrogens with one attached hydrogen (secondary N) is 1. The van der Waals surface area contributed by atoms with Crippen LogP contribution in [0.1, 0.15) is 33.1 Å². The average molecular weight is 382 g/mol. The van der Waals surface area contributed by atoms with Gasteiger partial charge in [-0.25, -0.2) is 4.68 Å². The fraction of sp³-hybridized carbons (Fsp3) is 0.350. The van der Waals surface area contributed by atoms with Gasteiger partial charge in [-0.2, -0.15) is 4.98 Å². The van der Waals surface area contributed by atoms with Crippen molar-refractivity contribution in [3.63, 3.8) is 0 Å². The maximum absolute atomic E-state index is 12.1. The molecule has 7 heteroatoms. The van der Waals surface area contributed by atoms with Gasteiger partial charge in [0.15, 0.2) is 5.82 Å². The lowest BCUT2D eigenvalue weighted by atomic mass is 9.85. The van der Waals surface area contributed by atoms with Gasteiger partial charge in [0, 0.05) is 11.6 Å². The topological polar surface area (TPSA) is 69.0 Å². The molecule has 3 aromatic rings. The summed E-state index contributed by atoms with van der Waals surface area (Å²) < 4.78 is 7.46. The highest BCUT2D eigenvalue weighted by molar-refractivity contribution is 7.13. The minimum atomic E-state index is 0.00105. The summed E-state index contributed by atoms with van der Waals surface area (Å²) in [6.45, 7) is 3.90. The van der Waals surface area contributed by atoms with Gasteiger partial charge in [0.25, 0.3) is 0 Å². The minimum Gasteiger partial charge on any atom is -0.460 e. The summed E-state index contributed by atoms with van der Waals surface area (Å²) in [6.07, 6.45) is 3.13. The quantitative estimate of drug-likeness (QED) is 0.680. The number of aromatic nitrogens is 3. The normalized spacial score (nSPS) is 14.2. The van der Waals surface area contributed by atoms with Crippen molar-refractivity contribution in [2.75, 3.05) is 5.32 Å². The van der Waals surface area contributed by atoms with Crippen LogP contribution in [0.3, 0.4) is 0 Å². The molecule has 2 heterocycles. The molecular formula is C20H22N4O2S. The van der Waals surface area contributed by atoms with Crippen LogP contribution in [-0.4, -0.2) is 26.8 Å². The van der Waals surface area contributed by atoms with Crippen molar-refractivity contribution in [1.82, 2.24) is 14.8 Å². The van der Waals surface area contributed by atoms with Crippen LogP contribution < -0.4 is 10.1 Å². The molecule has 1 aliphatic rings. The number of carbonyl (C=O) groups excluding carboxylic acids is 1. The Morgan fingerprint density at radius 1 is 1.26 bits per heavy atom. The van der Waals surface area contributed by atoms with E-state index in [0.29, 0.717) is 6.01 Å². The van der Waals surface area contributed by atoms with Crippen LogP contribution in [0.15, 0.2) is 41.8 Å². The molecule has 1 amide bonds. The first kappa shape index (κ1) is 17.7.